The minimum absolute atomic E-state index is 0.0120. The number of nitrogens with one attached hydrogen (secondary N) is 7. The Morgan fingerprint density at radius 2 is 0.832 bits per heavy atom. The van der Waals surface area contributed by atoms with E-state index >= 15 is 4.79 Å². The van der Waals surface area contributed by atoms with Crippen molar-refractivity contribution >= 4 is 79.9 Å². The quantitative estimate of drug-likeness (QED) is 0.0517. The fourth-order valence-corrected chi connectivity index (χ4v) is 24.5. The lowest BCUT2D eigenvalue weighted by Gasteiger charge is -2.38. The number of hydrogen-bond donors (Lipinski definition) is 9. The predicted octanol–water partition coefficient (Wildman–Crippen LogP) is 8.97. The van der Waals surface area contributed by atoms with Gasteiger partial charge in [-0.1, -0.05) is 147 Å². The fourth-order valence-electron chi connectivity index (χ4n) is 22.0. The van der Waals surface area contributed by atoms with Crippen LogP contribution < -0.4 is 41.8 Å². The Morgan fingerprint density at radius 1 is 0.469 bits per heavy atom. The number of carboxylic acid groups (broad SMARTS) is 1. The smallest absolute Gasteiger partial charge is 0.408 e. The van der Waals surface area contributed by atoms with Crippen LogP contribution in [0.15, 0.2) is 0 Å². The molecule has 0 aromatic rings. The number of alkyl carbamates (subject to hydrolysis) is 2. The molecular weight excluding hydrogens is 1490 g/mol. The topological polar surface area (TPSA) is 401 Å². The Bertz CT molecular complexity index is 3850. The molecule has 8 aliphatic carbocycles. The van der Waals surface area contributed by atoms with Crippen LogP contribution in [-0.2, 0) is 68.2 Å². The third-order valence-corrected chi connectivity index (χ3v) is 32.4. The van der Waals surface area contributed by atoms with Crippen LogP contribution in [0, 0.1) is 67.0 Å². The molecule has 12 aliphatic rings. The van der Waals surface area contributed by atoms with Gasteiger partial charge in [-0.2, -0.15) is 25.4 Å². The van der Waals surface area contributed by atoms with Crippen LogP contribution in [0.3, 0.4) is 0 Å². The van der Waals surface area contributed by atoms with Gasteiger partial charge in [0.2, 0.25) is 29.5 Å². The van der Waals surface area contributed by atoms with Gasteiger partial charge in [0, 0.05) is 50.1 Å². The van der Waals surface area contributed by atoms with E-state index in [4.69, 9.17) is 15.2 Å². The highest BCUT2D eigenvalue weighted by molar-refractivity contribution is 7.88. The van der Waals surface area contributed by atoms with Crippen molar-refractivity contribution in [3.63, 3.8) is 0 Å². The van der Waals surface area contributed by atoms with E-state index in [2.05, 4.69) is 63.7 Å². The highest BCUT2D eigenvalue weighted by atomic mass is 32.2. The summed E-state index contributed by atoms with van der Waals surface area (Å²) in [5.41, 5.74) is -0.0654. The fraction of sp³-hybridized carbons (Fsp3) is 0.878. The average Bonchev–Trinajstić information content (AvgIpc) is 1.46. The number of ether oxygens (including phenoxy) is 2. The zero-order chi connectivity index (χ0) is 83.8. The van der Waals surface area contributed by atoms with Gasteiger partial charge in [0.05, 0.1) is 5.54 Å². The SMILES string of the molecule is CC(C)(C)OC(=O)N[C@H](C(=O)N[C@H](C(=O)N1C[C@]2(C[C@H]1C(=O)O)C(C)(C)C21CCC1)C(C)(C)C)C1CCCCC1.CC[C@@H]1C[C@]1(N)C(=O)NS(=O)(=O)N1CCCC1.CC[C@@H]1C[C@]1(NC(=O)[C@@H]1C[C@@]2(CN1C(=O)[C@@H](NC(=O)[C@@H](NC(=O)OC(C)(C)C)C1CCCCC1)C(C)(C)C)C(C)(C)C21CCC1)C(=O)NS(=O)(=O)N1CCCC1. The molecule has 29 nitrogen and oxygen atoms in total. The third-order valence-electron chi connectivity index (χ3n) is 29.4. The van der Waals surface area contributed by atoms with Gasteiger partial charge >= 0.3 is 38.6 Å². The lowest BCUT2D eigenvalue weighted by Crippen LogP contribution is -2.62. The second-order valence-electron chi connectivity index (χ2n) is 40.9. The van der Waals surface area contributed by atoms with Crippen LogP contribution in [0.25, 0.3) is 0 Å². The lowest BCUT2D eigenvalue weighted by molar-refractivity contribution is -0.151. The van der Waals surface area contributed by atoms with Gasteiger partial charge in [0.1, 0.15) is 53.0 Å². The van der Waals surface area contributed by atoms with E-state index in [1.165, 1.54) is 13.5 Å². The molecule has 12 fully saturated rings. The van der Waals surface area contributed by atoms with E-state index in [1.807, 2.05) is 55.4 Å². The van der Waals surface area contributed by atoms with E-state index in [-0.39, 0.29) is 62.1 Å². The minimum Gasteiger partial charge on any atom is -0.480 e. The van der Waals surface area contributed by atoms with Crippen molar-refractivity contribution in [2.24, 2.45) is 72.7 Å². The molecule has 8 saturated carbocycles. The number of carbonyl (C=O) groups is 10. The van der Waals surface area contributed by atoms with Gasteiger partial charge in [-0.25, -0.2) is 23.8 Å². The summed E-state index contributed by atoms with van der Waals surface area (Å²) >= 11 is 0. The molecule has 31 heteroatoms. The van der Waals surface area contributed by atoms with Crippen LogP contribution in [-0.4, -0.2) is 198 Å². The summed E-state index contributed by atoms with van der Waals surface area (Å²) in [5.74, 6) is -4.77. The summed E-state index contributed by atoms with van der Waals surface area (Å²) < 4.78 is 68.0. The van der Waals surface area contributed by atoms with Gasteiger partial charge in [0.25, 0.3) is 11.8 Å². The molecule has 4 heterocycles. The van der Waals surface area contributed by atoms with E-state index in [9.17, 15) is 65.1 Å². The molecule has 0 aromatic carbocycles. The van der Waals surface area contributed by atoms with Gasteiger partial charge in [0.15, 0.2) is 0 Å². The van der Waals surface area contributed by atoms with Crippen molar-refractivity contribution in [2.45, 2.75) is 350 Å². The molecule has 0 radical (unpaired) electrons. The third kappa shape index (κ3) is 17.4. The first-order valence-corrected chi connectivity index (χ1v) is 45.3. The Labute approximate surface area is 672 Å². The number of carboxylic acids is 1. The molecule has 4 spiro atoms. The van der Waals surface area contributed by atoms with Crippen molar-refractivity contribution in [3.05, 3.63) is 0 Å². The average molecular weight is 1630 g/mol. The van der Waals surface area contributed by atoms with E-state index < -0.39 is 143 Å². The zero-order valence-corrected chi connectivity index (χ0v) is 72.7. The number of nitrogens with zero attached hydrogens (tertiary/aromatic N) is 4. The van der Waals surface area contributed by atoms with E-state index in [0.717, 1.165) is 135 Å². The van der Waals surface area contributed by atoms with Crippen molar-refractivity contribution in [1.82, 2.24) is 54.4 Å². The molecule has 4 saturated heterocycles. The van der Waals surface area contributed by atoms with Crippen LogP contribution in [0.5, 0.6) is 0 Å². The predicted molar refractivity (Wildman–Crippen MR) is 425 cm³/mol. The maximum Gasteiger partial charge on any atom is 0.408 e. The van der Waals surface area contributed by atoms with Crippen molar-refractivity contribution in [3.8, 4) is 0 Å². The number of fused-ring (bicyclic) bond motifs is 2. The number of amides is 9. The number of nitrogens with two attached hydrogens (primary N) is 1. The van der Waals surface area contributed by atoms with Gasteiger partial charge < -0.3 is 56.7 Å². The molecule has 10 N–H and O–H groups in total. The number of likely N-dealkylation sites (tertiary alicyclic amines) is 2. The molecular formula is C82H138N12O17S2. The molecule has 113 heavy (non-hydrogen) atoms. The Hall–Kier alpha value is -5.92. The van der Waals surface area contributed by atoms with Gasteiger partial charge in [-0.15, -0.1) is 0 Å². The lowest BCUT2D eigenvalue weighted by atomic mass is 9.73. The maximum absolute atomic E-state index is 15.1. The summed E-state index contributed by atoms with van der Waals surface area (Å²) in [4.78, 5) is 139. The van der Waals surface area contributed by atoms with Crippen LogP contribution in [0.2, 0.25) is 0 Å². The summed E-state index contributed by atoms with van der Waals surface area (Å²) in [5, 5.41) is 24.9. The van der Waals surface area contributed by atoms with Crippen LogP contribution in [0.1, 0.15) is 292 Å². The first-order chi connectivity index (χ1) is 52.2. The number of hydrogen-bond acceptors (Lipinski definition) is 17. The van der Waals surface area contributed by atoms with Gasteiger partial charge in [-0.3, -0.25) is 33.6 Å². The molecule has 9 amide bonds. The molecule has 0 unspecified atom stereocenters. The summed E-state index contributed by atoms with van der Waals surface area (Å²) in [6, 6.07) is -5.59. The maximum atomic E-state index is 15.1. The summed E-state index contributed by atoms with van der Waals surface area (Å²) in [7, 11) is -7.76. The summed E-state index contributed by atoms with van der Waals surface area (Å²) in [6.45, 7) is 37.0. The molecule has 4 aliphatic heterocycles. The molecule has 0 bridgehead atoms. The van der Waals surface area contributed by atoms with Gasteiger partial charge in [-0.05, 0) is 200 Å². The number of aliphatic carboxylic acids is 1. The van der Waals surface area contributed by atoms with Crippen molar-refractivity contribution in [2.75, 3.05) is 39.3 Å². The second-order valence-corrected chi connectivity index (χ2v) is 44.2. The monoisotopic (exact) mass is 1630 g/mol. The minimum atomic E-state index is -4.08. The molecule has 640 valence electrons. The normalized spacial score (nSPS) is 30.6. The molecule has 0 aromatic heterocycles. The largest absolute Gasteiger partial charge is 0.480 e. The van der Waals surface area contributed by atoms with Crippen LogP contribution in [0.4, 0.5) is 9.59 Å². The Balaban J connectivity index is 0.000000205. The highest BCUT2D eigenvalue weighted by Crippen LogP contribution is 2.89. The second kappa shape index (κ2) is 32.1. The van der Waals surface area contributed by atoms with Crippen LogP contribution >= 0.6 is 0 Å². The first-order valence-electron chi connectivity index (χ1n) is 42.4. The van der Waals surface area contributed by atoms with Crippen molar-refractivity contribution < 1.29 is 79.4 Å². The highest BCUT2D eigenvalue weighted by Gasteiger charge is 2.87. The van der Waals surface area contributed by atoms with Crippen molar-refractivity contribution in [1.29, 1.82) is 0 Å². The number of rotatable bonds is 21. The molecule has 12 rings (SSSR count). The van der Waals surface area contributed by atoms with E-state index in [1.54, 1.807) is 46.4 Å². The molecule has 12 atom stereocenters. The zero-order valence-electron chi connectivity index (χ0n) is 71.1. The standard InChI is InChI=1S/C41H68N6O8S.C31H51N3O6.C10H19N3O3S/c1-10-27-23-41(27,34(51)45-56(53,54)46-21-14-15-22-46)44-31(48)28-24-40(38(8,9)39(40)19-16-20-39)25-47(28)33(50)30(36(2,3)4)43-32(49)29(26-17-12-11-13-18-26)42-35(52)55-37(5,6)7;1-27(2,3)22(33-23(35)21(19-13-10-9-11-14-19)32-26(39)40-28(4,5)6)24(36)34-18-31(17-20(34)25(37)38)29(7,8)30(31)15-12-16-30;1-2-8-7-10(8,11)9(14)12-17(15,16)13-5-3-4-6-13/h26-30H,10-25H2,1-9H3,(H,42,52)(H,43,49)(H,44,48)(H,45,51);19-22H,9-18H2,1-8H3,(H,32,39)(H,33,35)(H,37,38);8H,2-7,11H2,1H3,(H,12,14)/t27-,28+,29+,30-,40-,41-;20-,21-,22+,31+;8-,10-/m101/s1. The summed E-state index contributed by atoms with van der Waals surface area (Å²) in [6.07, 6.45) is 20.3. The van der Waals surface area contributed by atoms with E-state index in [0.29, 0.717) is 71.4 Å². The Morgan fingerprint density at radius 3 is 1.14 bits per heavy atom. The number of carbonyl (C=O) groups excluding carboxylic acids is 9. The first kappa shape index (κ1) is 89.4. The Kier molecular flexibility index (Phi) is 25.4.